The van der Waals surface area contributed by atoms with E-state index in [2.05, 4.69) is 11.6 Å². The van der Waals surface area contributed by atoms with Crippen molar-refractivity contribution in [2.45, 2.75) is 23.8 Å². The molecule has 0 aliphatic carbocycles. The summed E-state index contributed by atoms with van der Waals surface area (Å²) in [5.41, 5.74) is 1.65. The van der Waals surface area contributed by atoms with E-state index in [9.17, 15) is 8.42 Å². The van der Waals surface area contributed by atoms with E-state index in [-0.39, 0.29) is 11.9 Å². The van der Waals surface area contributed by atoms with E-state index in [1.54, 1.807) is 30.5 Å². The Morgan fingerprint density at radius 3 is 2.95 bits per heavy atom. The quantitative estimate of drug-likeness (QED) is 0.871. The number of rotatable bonds is 4. The molecule has 0 radical (unpaired) electrons. The van der Waals surface area contributed by atoms with Crippen LogP contribution in [0.1, 0.15) is 18.4 Å². The van der Waals surface area contributed by atoms with E-state index in [0.717, 1.165) is 29.3 Å². The van der Waals surface area contributed by atoms with Crippen LogP contribution < -0.4 is 0 Å². The predicted molar refractivity (Wildman–Crippen MR) is 82.9 cm³/mol. The van der Waals surface area contributed by atoms with Crippen LogP contribution in [0.5, 0.6) is 0 Å². The third kappa shape index (κ3) is 2.84. The molecule has 0 amide bonds. The van der Waals surface area contributed by atoms with Crippen LogP contribution in [-0.4, -0.2) is 31.9 Å². The molecule has 0 N–H and O–H groups in total. The van der Waals surface area contributed by atoms with Crippen molar-refractivity contribution in [2.75, 3.05) is 12.4 Å². The fourth-order valence-electron chi connectivity index (χ4n) is 2.63. The third-order valence-corrected chi connectivity index (χ3v) is 5.54. The Morgan fingerprint density at radius 1 is 1.38 bits per heavy atom. The lowest BCUT2D eigenvalue weighted by molar-refractivity contribution is 0.127. The monoisotopic (exact) mass is 303 g/mol. The molecule has 1 saturated heterocycles. The lowest BCUT2D eigenvalue weighted by Gasteiger charge is -2.11. The van der Waals surface area contributed by atoms with Crippen molar-refractivity contribution in [1.82, 2.24) is 4.98 Å². The topological polar surface area (TPSA) is 56.3 Å². The lowest BCUT2D eigenvalue weighted by Crippen LogP contribution is -2.20. The molecule has 2 heterocycles. The second kappa shape index (κ2) is 5.58. The molecule has 21 heavy (non-hydrogen) atoms. The van der Waals surface area contributed by atoms with Crippen molar-refractivity contribution >= 4 is 26.8 Å². The van der Waals surface area contributed by atoms with E-state index in [0.29, 0.717) is 11.5 Å². The summed E-state index contributed by atoms with van der Waals surface area (Å²) in [5, 5.41) is 0.806. The minimum atomic E-state index is -3.35. The van der Waals surface area contributed by atoms with Gasteiger partial charge in [0.15, 0.2) is 9.84 Å². The molecule has 1 aliphatic heterocycles. The number of hydrogen-bond acceptors (Lipinski definition) is 4. The Bertz CT molecular complexity index is 777. The molecule has 1 aromatic heterocycles. The van der Waals surface area contributed by atoms with Crippen molar-refractivity contribution in [3.63, 3.8) is 0 Å². The first-order chi connectivity index (χ1) is 10.1. The van der Waals surface area contributed by atoms with Gasteiger partial charge in [-0.15, -0.1) is 0 Å². The zero-order chi connectivity index (χ0) is 14.9. The number of benzene rings is 1. The van der Waals surface area contributed by atoms with Crippen molar-refractivity contribution < 1.29 is 13.2 Å². The number of aromatic nitrogens is 1. The molecular weight excluding hydrogens is 286 g/mol. The summed E-state index contributed by atoms with van der Waals surface area (Å²) >= 11 is 0. The van der Waals surface area contributed by atoms with Crippen LogP contribution in [0, 0.1) is 0 Å². The van der Waals surface area contributed by atoms with E-state index in [1.807, 2.05) is 6.07 Å². The van der Waals surface area contributed by atoms with Gasteiger partial charge in [-0.05, 0) is 42.7 Å². The van der Waals surface area contributed by atoms with Gasteiger partial charge in [-0.1, -0.05) is 12.7 Å². The van der Waals surface area contributed by atoms with Crippen molar-refractivity contribution in [3.8, 4) is 0 Å². The highest BCUT2D eigenvalue weighted by atomic mass is 32.2. The molecule has 3 rings (SSSR count). The van der Waals surface area contributed by atoms with Gasteiger partial charge in [0.1, 0.15) is 0 Å². The summed E-state index contributed by atoms with van der Waals surface area (Å²) in [6.07, 6.45) is 4.97. The summed E-state index contributed by atoms with van der Waals surface area (Å²) < 4.78 is 30.4. The van der Waals surface area contributed by atoms with Crippen LogP contribution in [0.3, 0.4) is 0 Å². The maximum absolute atomic E-state index is 12.5. The Morgan fingerprint density at radius 2 is 2.24 bits per heavy atom. The van der Waals surface area contributed by atoms with Gasteiger partial charge in [-0.25, -0.2) is 8.42 Å². The SMILES string of the molecule is C=Cc1ccnc2ccc(S(=O)(=O)CC3CCCO3)cc12. The molecule has 4 nitrogen and oxygen atoms in total. The first-order valence-corrected chi connectivity index (χ1v) is 8.61. The molecule has 0 bridgehead atoms. The third-order valence-electron chi connectivity index (χ3n) is 3.76. The molecule has 5 heteroatoms. The largest absolute Gasteiger partial charge is 0.377 e. The predicted octanol–water partition coefficient (Wildman–Crippen LogP) is 2.83. The summed E-state index contributed by atoms with van der Waals surface area (Å²) in [6, 6.07) is 6.87. The molecule has 1 aromatic carbocycles. The van der Waals surface area contributed by atoms with Crippen LogP contribution in [0.2, 0.25) is 0 Å². The van der Waals surface area contributed by atoms with Gasteiger partial charge in [0, 0.05) is 18.2 Å². The molecule has 1 aliphatic rings. The molecule has 0 saturated carbocycles. The molecular formula is C16H17NO3S. The van der Waals surface area contributed by atoms with E-state index >= 15 is 0 Å². The number of nitrogens with zero attached hydrogens (tertiary/aromatic N) is 1. The van der Waals surface area contributed by atoms with Gasteiger partial charge >= 0.3 is 0 Å². The Hall–Kier alpha value is -1.72. The molecule has 1 unspecified atom stereocenters. The zero-order valence-electron chi connectivity index (χ0n) is 11.7. The van der Waals surface area contributed by atoms with Crippen LogP contribution in [0.25, 0.3) is 17.0 Å². The normalized spacial score (nSPS) is 19.0. The number of ether oxygens (including phenoxy) is 1. The summed E-state index contributed by atoms with van der Waals surface area (Å²) in [4.78, 5) is 4.57. The van der Waals surface area contributed by atoms with Gasteiger partial charge in [0.2, 0.25) is 0 Å². The van der Waals surface area contributed by atoms with Crippen LogP contribution in [0.4, 0.5) is 0 Å². The summed E-state index contributed by atoms with van der Waals surface area (Å²) in [5.74, 6) is 0.0438. The number of sulfone groups is 1. The fourth-order valence-corrected chi connectivity index (χ4v) is 4.15. The second-order valence-corrected chi connectivity index (χ2v) is 7.23. The summed E-state index contributed by atoms with van der Waals surface area (Å²) in [6.45, 7) is 4.41. The fraction of sp³-hybridized carbons (Fsp3) is 0.312. The first kappa shape index (κ1) is 14.2. The minimum Gasteiger partial charge on any atom is -0.377 e. The smallest absolute Gasteiger partial charge is 0.180 e. The Balaban J connectivity index is 2.01. The first-order valence-electron chi connectivity index (χ1n) is 6.96. The molecule has 0 spiro atoms. The average Bonchev–Trinajstić information content (AvgIpc) is 2.98. The van der Waals surface area contributed by atoms with Crippen molar-refractivity contribution in [2.24, 2.45) is 0 Å². The lowest BCUT2D eigenvalue weighted by atomic mass is 10.1. The van der Waals surface area contributed by atoms with Crippen LogP contribution >= 0.6 is 0 Å². The maximum atomic E-state index is 12.5. The Kier molecular flexibility index (Phi) is 3.78. The minimum absolute atomic E-state index is 0.0438. The van der Waals surface area contributed by atoms with Crippen LogP contribution in [-0.2, 0) is 14.6 Å². The van der Waals surface area contributed by atoms with Gasteiger partial charge in [-0.2, -0.15) is 0 Å². The van der Waals surface area contributed by atoms with Crippen molar-refractivity contribution in [1.29, 1.82) is 0 Å². The Labute approximate surface area is 124 Å². The number of fused-ring (bicyclic) bond motifs is 1. The van der Waals surface area contributed by atoms with E-state index in [1.165, 1.54) is 0 Å². The summed E-state index contributed by atoms with van der Waals surface area (Å²) in [7, 11) is -3.35. The molecule has 1 fully saturated rings. The van der Waals surface area contributed by atoms with Gasteiger partial charge in [0.05, 0.1) is 22.3 Å². The van der Waals surface area contributed by atoms with E-state index in [4.69, 9.17) is 4.74 Å². The highest BCUT2D eigenvalue weighted by molar-refractivity contribution is 7.91. The highest BCUT2D eigenvalue weighted by Gasteiger charge is 2.25. The zero-order valence-corrected chi connectivity index (χ0v) is 12.5. The number of hydrogen-bond donors (Lipinski definition) is 0. The van der Waals surface area contributed by atoms with Crippen molar-refractivity contribution in [3.05, 3.63) is 42.6 Å². The molecule has 2 aromatic rings. The maximum Gasteiger partial charge on any atom is 0.180 e. The van der Waals surface area contributed by atoms with Gasteiger partial charge < -0.3 is 4.74 Å². The van der Waals surface area contributed by atoms with Gasteiger partial charge in [0.25, 0.3) is 0 Å². The van der Waals surface area contributed by atoms with E-state index < -0.39 is 9.84 Å². The number of pyridine rings is 1. The second-order valence-electron chi connectivity index (χ2n) is 5.20. The standard InChI is InChI=1S/C16H17NO3S/c1-2-12-7-8-17-16-6-5-14(10-15(12)16)21(18,19)11-13-4-3-9-20-13/h2,5-8,10,13H,1,3-4,9,11H2. The van der Waals surface area contributed by atoms with Crippen LogP contribution in [0.15, 0.2) is 41.9 Å². The molecule has 110 valence electrons. The van der Waals surface area contributed by atoms with Gasteiger partial charge in [-0.3, -0.25) is 4.98 Å². The molecule has 1 atom stereocenters. The highest BCUT2D eigenvalue weighted by Crippen LogP contribution is 2.24. The average molecular weight is 303 g/mol.